The third-order valence-corrected chi connectivity index (χ3v) is 3.45. The zero-order chi connectivity index (χ0) is 10.8. The second kappa shape index (κ2) is 4.20. The number of allylic oxidation sites excluding steroid dienone is 2. The van der Waals surface area contributed by atoms with Gasteiger partial charge in [-0.25, -0.2) is 0 Å². The Hall–Kier alpha value is -1.44. The fourth-order valence-corrected chi connectivity index (χ4v) is 2.63. The standard InChI is InChI=1S/C14H18N2/c1-2-6-11(7-3-1)10-14-15-12-8-4-5-9-13(12)16-14/h1-3,6-7,14-16H,4-5,8-10H2. The van der Waals surface area contributed by atoms with Crippen LogP contribution in [0.1, 0.15) is 31.2 Å². The molecule has 0 saturated heterocycles. The Morgan fingerprint density at radius 3 is 2.19 bits per heavy atom. The van der Waals surface area contributed by atoms with Crippen LogP contribution in [0.15, 0.2) is 41.7 Å². The summed E-state index contributed by atoms with van der Waals surface area (Å²) in [6.45, 7) is 0. The molecule has 1 aliphatic heterocycles. The van der Waals surface area contributed by atoms with Crippen molar-refractivity contribution in [3.05, 3.63) is 47.3 Å². The van der Waals surface area contributed by atoms with Crippen molar-refractivity contribution in [2.75, 3.05) is 0 Å². The summed E-state index contributed by atoms with van der Waals surface area (Å²) < 4.78 is 0. The van der Waals surface area contributed by atoms with E-state index in [1.807, 2.05) is 0 Å². The van der Waals surface area contributed by atoms with Gasteiger partial charge in [0.2, 0.25) is 0 Å². The first kappa shape index (κ1) is 9.76. The molecule has 2 aliphatic rings. The molecule has 0 spiro atoms. The zero-order valence-corrected chi connectivity index (χ0v) is 9.50. The molecular weight excluding hydrogens is 196 g/mol. The fraction of sp³-hybridized carbons (Fsp3) is 0.429. The minimum Gasteiger partial charge on any atom is -0.367 e. The van der Waals surface area contributed by atoms with Crippen LogP contribution in [0.4, 0.5) is 0 Å². The smallest absolute Gasteiger partial charge is 0.100 e. The van der Waals surface area contributed by atoms with Crippen LogP contribution in [0.25, 0.3) is 0 Å². The first-order valence-electron chi connectivity index (χ1n) is 6.21. The number of hydrogen-bond donors (Lipinski definition) is 2. The van der Waals surface area contributed by atoms with E-state index in [0.29, 0.717) is 6.17 Å². The first-order valence-corrected chi connectivity index (χ1v) is 6.21. The maximum atomic E-state index is 3.61. The van der Waals surface area contributed by atoms with E-state index >= 15 is 0 Å². The van der Waals surface area contributed by atoms with Gasteiger partial charge in [-0.1, -0.05) is 30.3 Å². The summed E-state index contributed by atoms with van der Waals surface area (Å²) >= 11 is 0. The van der Waals surface area contributed by atoms with Gasteiger partial charge in [0, 0.05) is 17.8 Å². The van der Waals surface area contributed by atoms with Crippen molar-refractivity contribution < 1.29 is 0 Å². The van der Waals surface area contributed by atoms with Gasteiger partial charge in [-0.2, -0.15) is 0 Å². The predicted molar refractivity (Wildman–Crippen MR) is 65.7 cm³/mol. The Bertz CT molecular complexity index is 376. The van der Waals surface area contributed by atoms with Gasteiger partial charge in [0.05, 0.1) is 0 Å². The van der Waals surface area contributed by atoms with Crippen molar-refractivity contribution in [3.8, 4) is 0 Å². The lowest BCUT2D eigenvalue weighted by Crippen LogP contribution is -2.34. The zero-order valence-electron chi connectivity index (χ0n) is 9.50. The molecule has 0 radical (unpaired) electrons. The largest absolute Gasteiger partial charge is 0.367 e. The van der Waals surface area contributed by atoms with Crippen LogP contribution in [0.5, 0.6) is 0 Å². The third-order valence-electron chi connectivity index (χ3n) is 3.45. The van der Waals surface area contributed by atoms with Gasteiger partial charge in [-0.05, 0) is 31.2 Å². The molecule has 2 heteroatoms. The number of benzene rings is 1. The molecule has 1 aromatic rings. The maximum absolute atomic E-state index is 3.61. The molecule has 0 amide bonds. The molecular formula is C14H18N2. The van der Waals surface area contributed by atoms with Gasteiger partial charge < -0.3 is 10.6 Å². The summed E-state index contributed by atoms with van der Waals surface area (Å²) in [6, 6.07) is 10.7. The SMILES string of the molecule is c1ccc(CC2NC3=C(CCCC3)N2)cc1. The molecule has 0 atom stereocenters. The van der Waals surface area contributed by atoms with Crippen LogP contribution < -0.4 is 10.6 Å². The Kier molecular flexibility index (Phi) is 2.56. The molecule has 0 aromatic heterocycles. The number of nitrogens with one attached hydrogen (secondary N) is 2. The quantitative estimate of drug-likeness (QED) is 0.790. The molecule has 2 nitrogen and oxygen atoms in total. The molecule has 1 aromatic carbocycles. The molecule has 0 unspecified atom stereocenters. The Labute approximate surface area is 96.7 Å². The second-order valence-electron chi connectivity index (χ2n) is 4.70. The van der Waals surface area contributed by atoms with Crippen LogP contribution in [-0.4, -0.2) is 6.17 Å². The van der Waals surface area contributed by atoms with Crippen molar-refractivity contribution in [1.29, 1.82) is 0 Å². The Morgan fingerprint density at radius 1 is 0.938 bits per heavy atom. The van der Waals surface area contributed by atoms with Crippen LogP contribution >= 0.6 is 0 Å². The van der Waals surface area contributed by atoms with Gasteiger partial charge in [-0.15, -0.1) is 0 Å². The van der Waals surface area contributed by atoms with Crippen molar-refractivity contribution in [1.82, 2.24) is 10.6 Å². The molecule has 16 heavy (non-hydrogen) atoms. The maximum Gasteiger partial charge on any atom is 0.100 e. The third kappa shape index (κ3) is 1.92. The van der Waals surface area contributed by atoms with Crippen LogP contribution in [0.2, 0.25) is 0 Å². The molecule has 3 rings (SSSR count). The summed E-state index contributed by atoms with van der Waals surface area (Å²) in [5.41, 5.74) is 4.33. The van der Waals surface area contributed by atoms with Gasteiger partial charge >= 0.3 is 0 Å². The van der Waals surface area contributed by atoms with E-state index < -0.39 is 0 Å². The van der Waals surface area contributed by atoms with Gasteiger partial charge in [0.1, 0.15) is 6.17 Å². The van der Waals surface area contributed by atoms with E-state index in [2.05, 4.69) is 41.0 Å². The van der Waals surface area contributed by atoms with Crippen molar-refractivity contribution in [3.63, 3.8) is 0 Å². The fourth-order valence-electron chi connectivity index (χ4n) is 2.63. The summed E-state index contributed by atoms with van der Waals surface area (Å²) in [5.74, 6) is 0. The van der Waals surface area contributed by atoms with Crippen LogP contribution in [0, 0.1) is 0 Å². The normalized spacial score (nSPS) is 20.2. The van der Waals surface area contributed by atoms with E-state index in [9.17, 15) is 0 Å². The van der Waals surface area contributed by atoms with E-state index in [4.69, 9.17) is 0 Å². The van der Waals surface area contributed by atoms with Crippen LogP contribution in [-0.2, 0) is 6.42 Å². The topological polar surface area (TPSA) is 24.1 Å². The average molecular weight is 214 g/mol. The van der Waals surface area contributed by atoms with Crippen molar-refractivity contribution >= 4 is 0 Å². The van der Waals surface area contributed by atoms with Gasteiger partial charge in [0.25, 0.3) is 0 Å². The molecule has 1 heterocycles. The lowest BCUT2D eigenvalue weighted by molar-refractivity contribution is 0.545. The van der Waals surface area contributed by atoms with E-state index in [1.165, 1.54) is 42.6 Å². The molecule has 0 bridgehead atoms. The first-order chi connectivity index (χ1) is 7.92. The summed E-state index contributed by atoms with van der Waals surface area (Å²) in [5, 5.41) is 7.22. The van der Waals surface area contributed by atoms with Crippen LogP contribution in [0.3, 0.4) is 0 Å². The second-order valence-corrected chi connectivity index (χ2v) is 4.70. The van der Waals surface area contributed by atoms with Gasteiger partial charge in [-0.3, -0.25) is 0 Å². The number of hydrogen-bond acceptors (Lipinski definition) is 2. The minimum absolute atomic E-state index is 0.408. The monoisotopic (exact) mass is 214 g/mol. The molecule has 0 saturated carbocycles. The molecule has 1 aliphatic carbocycles. The minimum atomic E-state index is 0.408. The highest BCUT2D eigenvalue weighted by atomic mass is 15.2. The highest BCUT2D eigenvalue weighted by Crippen LogP contribution is 2.25. The summed E-state index contributed by atoms with van der Waals surface area (Å²) in [6.07, 6.45) is 6.61. The molecule has 0 fully saturated rings. The Balaban J connectivity index is 1.64. The summed E-state index contributed by atoms with van der Waals surface area (Å²) in [7, 11) is 0. The summed E-state index contributed by atoms with van der Waals surface area (Å²) in [4.78, 5) is 0. The molecule has 84 valence electrons. The Morgan fingerprint density at radius 2 is 1.56 bits per heavy atom. The predicted octanol–water partition coefficient (Wildman–Crippen LogP) is 2.53. The van der Waals surface area contributed by atoms with Crippen molar-refractivity contribution in [2.45, 2.75) is 38.3 Å². The van der Waals surface area contributed by atoms with Crippen molar-refractivity contribution in [2.24, 2.45) is 0 Å². The highest BCUT2D eigenvalue weighted by Gasteiger charge is 2.23. The average Bonchev–Trinajstić information content (AvgIpc) is 2.72. The lowest BCUT2D eigenvalue weighted by atomic mass is 10.0. The van der Waals surface area contributed by atoms with E-state index in [0.717, 1.165) is 6.42 Å². The number of rotatable bonds is 2. The molecule has 2 N–H and O–H groups in total. The highest BCUT2D eigenvalue weighted by molar-refractivity contribution is 5.23. The van der Waals surface area contributed by atoms with E-state index in [1.54, 1.807) is 0 Å². The lowest BCUT2D eigenvalue weighted by Gasteiger charge is -2.13. The van der Waals surface area contributed by atoms with Gasteiger partial charge in [0.15, 0.2) is 0 Å². The van der Waals surface area contributed by atoms with E-state index in [-0.39, 0.29) is 0 Å².